The lowest BCUT2D eigenvalue weighted by atomic mass is 9.96. The Labute approximate surface area is 195 Å². The number of hydrogen-bond donors (Lipinski definition) is 0. The van der Waals surface area contributed by atoms with Crippen LogP contribution in [-0.4, -0.2) is 33.3 Å². The molecular weight excluding hydrogens is 414 g/mol. The number of aromatic nitrogens is 2. The maximum atomic E-state index is 12.5. The van der Waals surface area contributed by atoms with E-state index in [1.807, 2.05) is 63.2 Å². The van der Waals surface area contributed by atoms with Gasteiger partial charge in [0.2, 0.25) is 5.88 Å². The molecule has 6 nitrogen and oxygen atoms in total. The molecule has 0 radical (unpaired) electrons. The summed E-state index contributed by atoms with van der Waals surface area (Å²) in [6, 6.07) is 20.4. The lowest BCUT2D eigenvalue weighted by Gasteiger charge is -2.31. The van der Waals surface area contributed by atoms with E-state index < -0.39 is 5.60 Å². The molecule has 1 aromatic heterocycles. The normalized spacial score (nSPS) is 13.4. The number of fused-ring (bicyclic) bond motifs is 1. The molecule has 2 aromatic carbocycles. The number of aryl methyl sites for hydroxylation is 2. The van der Waals surface area contributed by atoms with Gasteiger partial charge in [-0.2, -0.15) is 5.10 Å². The van der Waals surface area contributed by atoms with Crippen molar-refractivity contribution in [2.75, 3.05) is 6.54 Å². The summed E-state index contributed by atoms with van der Waals surface area (Å²) in [7, 11) is 0. The van der Waals surface area contributed by atoms with E-state index in [2.05, 4.69) is 28.4 Å². The highest BCUT2D eigenvalue weighted by Gasteiger charge is 2.25. The molecule has 0 unspecified atom stereocenters. The van der Waals surface area contributed by atoms with Gasteiger partial charge in [0, 0.05) is 19.2 Å². The Morgan fingerprint density at radius 1 is 0.939 bits per heavy atom. The van der Waals surface area contributed by atoms with Gasteiger partial charge < -0.3 is 14.4 Å². The fourth-order valence-corrected chi connectivity index (χ4v) is 3.81. The second kappa shape index (κ2) is 10.0. The zero-order chi connectivity index (χ0) is 23.3. The van der Waals surface area contributed by atoms with Gasteiger partial charge in [0.15, 0.2) is 0 Å². The first-order chi connectivity index (χ1) is 15.9. The Morgan fingerprint density at radius 3 is 2.48 bits per heavy atom. The fourth-order valence-electron chi connectivity index (χ4n) is 3.81. The van der Waals surface area contributed by atoms with Crippen molar-refractivity contribution in [2.24, 2.45) is 0 Å². The average Bonchev–Trinajstić information content (AvgIpc) is 2.81. The molecule has 0 spiro atoms. The molecule has 3 aromatic rings. The van der Waals surface area contributed by atoms with Crippen LogP contribution in [0.25, 0.3) is 0 Å². The Hall–Kier alpha value is -3.41. The third-order valence-electron chi connectivity index (χ3n) is 5.53. The maximum Gasteiger partial charge on any atom is 0.410 e. The van der Waals surface area contributed by atoms with Crippen LogP contribution in [0.1, 0.15) is 48.7 Å². The lowest BCUT2D eigenvalue weighted by molar-refractivity contribution is 0.0224. The minimum atomic E-state index is -0.484. The van der Waals surface area contributed by atoms with Crippen LogP contribution >= 0.6 is 0 Å². The van der Waals surface area contributed by atoms with Gasteiger partial charge in [-0.15, -0.1) is 5.10 Å². The molecular formula is C27H31N3O3. The molecule has 33 heavy (non-hydrogen) atoms. The number of carbonyl (C=O) groups excluding carboxylic acids is 1. The summed E-state index contributed by atoms with van der Waals surface area (Å²) in [5.41, 5.74) is 5.27. The molecule has 0 fully saturated rings. The van der Waals surface area contributed by atoms with E-state index in [1.165, 1.54) is 16.7 Å². The molecule has 2 heterocycles. The predicted octanol–water partition coefficient (Wildman–Crippen LogP) is 5.13. The largest absolute Gasteiger partial charge is 0.472 e. The van der Waals surface area contributed by atoms with Crippen LogP contribution in [0.15, 0.2) is 60.7 Å². The second-order valence-corrected chi connectivity index (χ2v) is 9.39. The first-order valence-electron chi connectivity index (χ1n) is 11.4. The zero-order valence-corrected chi connectivity index (χ0v) is 19.6. The van der Waals surface area contributed by atoms with Crippen molar-refractivity contribution < 1.29 is 14.3 Å². The topological polar surface area (TPSA) is 64.5 Å². The first-order valence-corrected chi connectivity index (χ1v) is 11.4. The molecule has 0 aliphatic carbocycles. The third-order valence-corrected chi connectivity index (χ3v) is 5.53. The summed E-state index contributed by atoms with van der Waals surface area (Å²) >= 11 is 0. The highest BCUT2D eigenvalue weighted by molar-refractivity contribution is 5.68. The van der Waals surface area contributed by atoms with E-state index in [1.54, 1.807) is 4.90 Å². The molecule has 1 amide bonds. The number of carbonyl (C=O) groups is 1. The highest BCUT2D eigenvalue weighted by Crippen LogP contribution is 2.23. The lowest BCUT2D eigenvalue weighted by Crippen LogP contribution is -2.39. The summed E-state index contributed by atoms with van der Waals surface area (Å²) in [6.07, 6.45) is 2.26. The van der Waals surface area contributed by atoms with Crippen molar-refractivity contribution in [1.29, 1.82) is 0 Å². The fraction of sp³-hybridized carbons (Fsp3) is 0.370. The zero-order valence-electron chi connectivity index (χ0n) is 19.6. The molecule has 0 saturated carbocycles. The van der Waals surface area contributed by atoms with E-state index >= 15 is 0 Å². The quantitative estimate of drug-likeness (QED) is 0.526. The van der Waals surface area contributed by atoms with Crippen LogP contribution in [-0.2, 0) is 37.2 Å². The van der Waals surface area contributed by atoms with E-state index in [-0.39, 0.29) is 6.09 Å². The third kappa shape index (κ3) is 6.54. The monoisotopic (exact) mass is 445 g/mol. The first kappa shape index (κ1) is 22.8. The van der Waals surface area contributed by atoms with Crippen LogP contribution in [0, 0.1) is 0 Å². The summed E-state index contributed by atoms with van der Waals surface area (Å²) in [4.78, 5) is 14.2. The van der Waals surface area contributed by atoms with Gasteiger partial charge in [0.25, 0.3) is 0 Å². The number of hydrogen-bond acceptors (Lipinski definition) is 5. The van der Waals surface area contributed by atoms with E-state index in [9.17, 15) is 4.79 Å². The smallest absolute Gasteiger partial charge is 0.410 e. The van der Waals surface area contributed by atoms with Crippen molar-refractivity contribution in [1.82, 2.24) is 15.1 Å². The second-order valence-electron chi connectivity index (χ2n) is 9.39. The Bertz CT molecular complexity index is 1080. The molecule has 0 saturated heterocycles. The highest BCUT2D eigenvalue weighted by atomic mass is 16.6. The molecule has 0 atom stereocenters. The van der Waals surface area contributed by atoms with Crippen molar-refractivity contribution in [3.8, 4) is 5.88 Å². The minimum Gasteiger partial charge on any atom is -0.472 e. The van der Waals surface area contributed by atoms with Crippen molar-refractivity contribution in [3.05, 3.63) is 88.6 Å². The molecule has 1 aliphatic heterocycles. The van der Waals surface area contributed by atoms with E-state index in [0.717, 1.165) is 30.5 Å². The van der Waals surface area contributed by atoms with Gasteiger partial charge in [0.1, 0.15) is 12.2 Å². The van der Waals surface area contributed by atoms with Crippen LogP contribution < -0.4 is 4.74 Å². The maximum absolute atomic E-state index is 12.5. The molecule has 0 N–H and O–H groups in total. The van der Waals surface area contributed by atoms with Gasteiger partial charge in [-0.05, 0) is 68.4 Å². The number of nitrogens with zero attached hydrogens (tertiary/aromatic N) is 3. The van der Waals surface area contributed by atoms with Crippen molar-refractivity contribution >= 4 is 6.09 Å². The molecule has 1 aliphatic rings. The van der Waals surface area contributed by atoms with Gasteiger partial charge in [-0.3, -0.25) is 0 Å². The standard InChI is InChI=1S/C27H31N3O3/c1-27(2,3)33-26(31)30-16-15-22-11-9-20(17-23(22)18-30)10-12-24-13-14-25(29-28-24)32-19-21-7-5-4-6-8-21/h4-9,11,13-14,17H,10,12,15-16,18-19H2,1-3H3. The summed E-state index contributed by atoms with van der Waals surface area (Å²) in [6.45, 7) is 7.44. The molecule has 4 rings (SSSR count). The molecule has 6 heteroatoms. The predicted molar refractivity (Wildman–Crippen MR) is 127 cm³/mol. The number of rotatable bonds is 6. The summed E-state index contributed by atoms with van der Waals surface area (Å²) in [5.74, 6) is 0.526. The average molecular weight is 446 g/mol. The Kier molecular flexibility index (Phi) is 6.92. The van der Waals surface area contributed by atoms with Crippen LogP contribution in [0.2, 0.25) is 0 Å². The Morgan fingerprint density at radius 2 is 1.76 bits per heavy atom. The Balaban J connectivity index is 1.31. The van der Waals surface area contributed by atoms with Crippen LogP contribution in [0.3, 0.4) is 0 Å². The van der Waals surface area contributed by atoms with E-state index in [4.69, 9.17) is 9.47 Å². The minimum absolute atomic E-state index is 0.247. The van der Waals surface area contributed by atoms with Crippen LogP contribution in [0.4, 0.5) is 4.79 Å². The van der Waals surface area contributed by atoms with E-state index in [0.29, 0.717) is 25.6 Å². The van der Waals surface area contributed by atoms with Gasteiger partial charge in [-0.1, -0.05) is 48.5 Å². The SMILES string of the molecule is CC(C)(C)OC(=O)N1CCc2ccc(CCc3ccc(OCc4ccccc4)nn3)cc2C1. The molecule has 0 bridgehead atoms. The van der Waals surface area contributed by atoms with Gasteiger partial charge >= 0.3 is 6.09 Å². The van der Waals surface area contributed by atoms with Crippen molar-refractivity contribution in [3.63, 3.8) is 0 Å². The molecule has 172 valence electrons. The summed E-state index contributed by atoms with van der Waals surface area (Å²) in [5, 5.41) is 8.52. The van der Waals surface area contributed by atoms with Crippen molar-refractivity contribution in [2.45, 2.75) is 58.8 Å². The number of ether oxygens (including phenoxy) is 2. The summed E-state index contributed by atoms with van der Waals surface area (Å²) < 4.78 is 11.3. The van der Waals surface area contributed by atoms with Gasteiger partial charge in [0.05, 0.1) is 5.69 Å². The number of amides is 1. The van der Waals surface area contributed by atoms with Gasteiger partial charge in [-0.25, -0.2) is 4.79 Å². The number of benzene rings is 2. The van der Waals surface area contributed by atoms with Crippen LogP contribution in [0.5, 0.6) is 5.88 Å².